The summed E-state index contributed by atoms with van der Waals surface area (Å²) in [6.07, 6.45) is 1.10. The Labute approximate surface area is 171 Å². The zero-order valence-corrected chi connectivity index (χ0v) is 16.9. The molecule has 3 amide bonds. The van der Waals surface area contributed by atoms with Crippen molar-refractivity contribution in [2.24, 2.45) is 0 Å². The Kier molecular flexibility index (Phi) is 6.94. The van der Waals surface area contributed by atoms with E-state index < -0.39 is 0 Å². The molecule has 1 aliphatic heterocycles. The molecule has 1 heterocycles. The van der Waals surface area contributed by atoms with Crippen LogP contribution in [0.2, 0.25) is 0 Å². The average molecular weight is 397 g/mol. The molecule has 0 unspecified atom stereocenters. The van der Waals surface area contributed by atoms with Crippen molar-refractivity contribution in [2.45, 2.75) is 26.3 Å². The quantitative estimate of drug-likeness (QED) is 0.785. The van der Waals surface area contributed by atoms with Crippen LogP contribution in [0.15, 0.2) is 42.5 Å². The smallest absolute Gasteiger partial charge is 0.319 e. The summed E-state index contributed by atoms with van der Waals surface area (Å²) < 4.78 is 11.0. The number of carbonyl (C=O) groups excluding carboxylic acids is 2. The first-order valence-electron chi connectivity index (χ1n) is 9.80. The highest BCUT2D eigenvalue weighted by Crippen LogP contribution is 2.27. The van der Waals surface area contributed by atoms with Gasteiger partial charge in [-0.05, 0) is 49.2 Å². The largest absolute Gasteiger partial charge is 0.497 e. The lowest BCUT2D eigenvalue weighted by Crippen LogP contribution is -2.32. The minimum absolute atomic E-state index is 0.0827. The topological polar surface area (TPSA) is 79.9 Å². The van der Waals surface area contributed by atoms with Crippen LogP contribution in [0.4, 0.5) is 10.5 Å². The van der Waals surface area contributed by atoms with Gasteiger partial charge in [0.2, 0.25) is 5.91 Å². The molecule has 2 aromatic carbocycles. The number of nitrogens with one attached hydrogen (secondary N) is 2. The monoisotopic (exact) mass is 397 g/mol. The Hall–Kier alpha value is -3.22. The number of nitrogens with zero attached hydrogens (tertiary/aromatic N) is 1. The van der Waals surface area contributed by atoms with Gasteiger partial charge in [0, 0.05) is 30.8 Å². The first-order chi connectivity index (χ1) is 14.1. The van der Waals surface area contributed by atoms with E-state index in [4.69, 9.17) is 9.47 Å². The van der Waals surface area contributed by atoms with Crippen LogP contribution in [-0.4, -0.2) is 43.6 Å². The molecule has 0 radical (unpaired) electrons. The van der Waals surface area contributed by atoms with Gasteiger partial charge in [0.1, 0.15) is 18.1 Å². The van der Waals surface area contributed by atoms with Gasteiger partial charge in [-0.2, -0.15) is 0 Å². The van der Waals surface area contributed by atoms with Crippen molar-refractivity contribution in [3.63, 3.8) is 0 Å². The number of urea groups is 1. The van der Waals surface area contributed by atoms with E-state index in [0.717, 1.165) is 22.6 Å². The van der Waals surface area contributed by atoms with Crippen LogP contribution in [0, 0.1) is 0 Å². The van der Waals surface area contributed by atoms with Crippen molar-refractivity contribution in [1.29, 1.82) is 0 Å². The third-order valence-corrected chi connectivity index (χ3v) is 4.77. The molecule has 154 valence electrons. The Bertz CT molecular complexity index is 852. The molecular weight excluding hydrogens is 370 g/mol. The first-order valence-corrected chi connectivity index (χ1v) is 9.80. The summed E-state index contributed by atoms with van der Waals surface area (Å²) in [5.41, 5.74) is 2.65. The Morgan fingerprint density at radius 3 is 2.69 bits per heavy atom. The molecule has 3 rings (SSSR count). The standard InChI is InChI=1S/C22H27N3O4/c1-3-23-22(27)24-18-7-10-20-17(14-18)15-25(12-13-29-20)21(26)11-6-16-4-8-19(28-2)9-5-16/h4-5,7-10,14H,3,6,11-13,15H2,1-2H3,(H2,23,24,27). The van der Waals surface area contributed by atoms with Crippen molar-refractivity contribution in [3.05, 3.63) is 53.6 Å². The average Bonchev–Trinajstić information content (AvgIpc) is 2.94. The van der Waals surface area contributed by atoms with Crippen LogP contribution >= 0.6 is 0 Å². The molecule has 7 nitrogen and oxygen atoms in total. The molecule has 1 aliphatic rings. The highest BCUT2D eigenvalue weighted by Gasteiger charge is 2.20. The molecule has 0 fully saturated rings. The second kappa shape index (κ2) is 9.82. The fourth-order valence-corrected chi connectivity index (χ4v) is 3.22. The number of fused-ring (bicyclic) bond motifs is 1. The summed E-state index contributed by atoms with van der Waals surface area (Å²) in [5.74, 6) is 1.63. The SMILES string of the molecule is CCNC(=O)Nc1ccc2c(c1)CN(C(=O)CCc1ccc(OC)cc1)CCO2. The van der Waals surface area contributed by atoms with Gasteiger partial charge in [0.15, 0.2) is 0 Å². The van der Waals surface area contributed by atoms with E-state index in [1.165, 1.54) is 0 Å². The zero-order chi connectivity index (χ0) is 20.6. The van der Waals surface area contributed by atoms with E-state index in [1.807, 2.05) is 48.2 Å². The highest BCUT2D eigenvalue weighted by molar-refractivity contribution is 5.89. The second-order valence-corrected chi connectivity index (χ2v) is 6.82. The number of amides is 3. The summed E-state index contributed by atoms with van der Waals surface area (Å²) in [5, 5.41) is 5.49. The molecule has 0 atom stereocenters. The zero-order valence-electron chi connectivity index (χ0n) is 16.9. The van der Waals surface area contributed by atoms with E-state index in [-0.39, 0.29) is 11.9 Å². The number of benzene rings is 2. The number of methoxy groups -OCH3 is 1. The summed E-state index contributed by atoms with van der Waals surface area (Å²) in [6.45, 7) is 3.86. The van der Waals surface area contributed by atoms with Gasteiger partial charge >= 0.3 is 6.03 Å². The highest BCUT2D eigenvalue weighted by atomic mass is 16.5. The maximum absolute atomic E-state index is 12.8. The number of hydrogen-bond acceptors (Lipinski definition) is 4. The maximum Gasteiger partial charge on any atom is 0.319 e. The Morgan fingerprint density at radius 1 is 1.17 bits per heavy atom. The number of carbonyl (C=O) groups is 2. The third kappa shape index (κ3) is 5.63. The van der Waals surface area contributed by atoms with E-state index in [0.29, 0.717) is 44.8 Å². The first kappa shape index (κ1) is 20.5. The summed E-state index contributed by atoms with van der Waals surface area (Å²) in [7, 11) is 1.63. The molecule has 0 aliphatic carbocycles. The van der Waals surface area contributed by atoms with E-state index in [1.54, 1.807) is 13.2 Å². The molecule has 7 heteroatoms. The number of aryl methyl sites for hydroxylation is 1. The molecule has 0 bridgehead atoms. The molecular formula is C22H27N3O4. The molecule has 0 aromatic heterocycles. The van der Waals surface area contributed by atoms with E-state index >= 15 is 0 Å². The lowest BCUT2D eigenvalue weighted by Gasteiger charge is -2.20. The summed E-state index contributed by atoms with van der Waals surface area (Å²) in [4.78, 5) is 26.3. The number of anilines is 1. The predicted molar refractivity (Wildman–Crippen MR) is 111 cm³/mol. The molecule has 0 spiro atoms. The fraction of sp³-hybridized carbons (Fsp3) is 0.364. The third-order valence-electron chi connectivity index (χ3n) is 4.77. The Balaban J connectivity index is 1.62. The van der Waals surface area contributed by atoms with Gasteiger partial charge in [-0.3, -0.25) is 4.79 Å². The fourth-order valence-electron chi connectivity index (χ4n) is 3.22. The molecule has 0 saturated heterocycles. The minimum Gasteiger partial charge on any atom is -0.497 e. The van der Waals surface area contributed by atoms with Crippen LogP contribution in [0.5, 0.6) is 11.5 Å². The lowest BCUT2D eigenvalue weighted by molar-refractivity contribution is -0.131. The number of ether oxygens (including phenoxy) is 2. The minimum atomic E-state index is -0.255. The summed E-state index contributed by atoms with van der Waals surface area (Å²) in [6, 6.07) is 13.0. The van der Waals surface area contributed by atoms with E-state index in [2.05, 4.69) is 10.6 Å². The molecule has 0 saturated carbocycles. The Morgan fingerprint density at radius 2 is 1.97 bits per heavy atom. The van der Waals surface area contributed by atoms with Crippen LogP contribution in [0.1, 0.15) is 24.5 Å². The van der Waals surface area contributed by atoms with Crippen LogP contribution < -0.4 is 20.1 Å². The van der Waals surface area contributed by atoms with Gasteiger partial charge in [-0.1, -0.05) is 12.1 Å². The van der Waals surface area contributed by atoms with Crippen LogP contribution in [0.3, 0.4) is 0 Å². The van der Waals surface area contributed by atoms with Crippen molar-refractivity contribution < 1.29 is 19.1 Å². The van der Waals surface area contributed by atoms with Crippen molar-refractivity contribution in [2.75, 3.05) is 32.1 Å². The number of hydrogen-bond donors (Lipinski definition) is 2. The molecule has 2 N–H and O–H groups in total. The van der Waals surface area contributed by atoms with Gasteiger partial charge in [-0.25, -0.2) is 4.79 Å². The van der Waals surface area contributed by atoms with Crippen LogP contribution in [0.25, 0.3) is 0 Å². The summed E-state index contributed by atoms with van der Waals surface area (Å²) >= 11 is 0. The van der Waals surface area contributed by atoms with Crippen molar-refractivity contribution in [1.82, 2.24) is 10.2 Å². The van der Waals surface area contributed by atoms with Crippen molar-refractivity contribution in [3.8, 4) is 11.5 Å². The maximum atomic E-state index is 12.8. The van der Waals surface area contributed by atoms with Gasteiger partial charge in [-0.15, -0.1) is 0 Å². The molecule has 29 heavy (non-hydrogen) atoms. The number of rotatable bonds is 6. The molecule has 2 aromatic rings. The lowest BCUT2D eigenvalue weighted by atomic mass is 10.1. The van der Waals surface area contributed by atoms with Gasteiger partial charge in [0.25, 0.3) is 0 Å². The van der Waals surface area contributed by atoms with Crippen molar-refractivity contribution >= 4 is 17.6 Å². The normalized spacial score (nSPS) is 13.0. The van der Waals surface area contributed by atoms with Crippen LogP contribution in [-0.2, 0) is 17.8 Å². The predicted octanol–water partition coefficient (Wildman–Crippen LogP) is 3.19. The second-order valence-electron chi connectivity index (χ2n) is 6.82. The van der Waals surface area contributed by atoms with E-state index in [9.17, 15) is 9.59 Å². The van der Waals surface area contributed by atoms with Gasteiger partial charge < -0.3 is 25.0 Å². The van der Waals surface area contributed by atoms with Gasteiger partial charge in [0.05, 0.1) is 13.7 Å².